The SMILES string of the molecule is CCCCOCC(C)OCc1ccccc1. The summed E-state index contributed by atoms with van der Waals surface area (Å²) in [5.74, 6) is 0. The Kier molecular flexibility index (Phi) is 6.86. The molecule has 0 radical (unpaired) electrons. The molecule has 2 nitrogen and oxygen atoms in total. The molecule has 90 valence electrons. The van der Waals surface area contributed by atoms with E-state index in [4.69, 9.17) is 9.47 Å². The Bertz CT molecular complexity index is 259. The zero-order valence-corrected chi connectivity index (χ0v) is 10.3. The van der Waals surface area contributed by atoms with Crippen molar-refractivity contribution in [2.75, 3.05) is 13.2 Å². The van der Waals surface area contributed by atoms with E-state index in [1.165, 1.54) is 12.0 Å². The van der Waals surface area contributed by atoms with Crippen LogP contribution in [0.3, 0.4) is 0 Å². The van der Waals surface area contributed by atoms with E-state index in [2.05, 4.69) is 26.0 Å². The van der Waals surface area contributed by atoms with Crippen molar-refractivity contribution in [3.8, 4) is 0 Å². The Morgan fingerprint density at radius 2 is 1.94 bits per heavy atom. The minimum atomic E-state index is 0.164. The predicted octanol–water partition coefficient (Wildman–Crippen LogP) is 3.41. The fourth-order valence-electron chi connectivity index (χ4n) is 1.36. The van der Waals surface area contributed by atoms with Crippen LogP contribution in [0.4, 0.5) is 0 Å². The van der Waals surface area contributed by atoms with Crippen LogP contribution in [0.5, 0.6) is 0 Å². The molecule has 1 unspecified atom stereocenters. The molecule has 2 heteroatoms. The van der Waals surface area contributed by atoms with Crippen LogP contribution in [-0.2, 0) is 16.1 Å². The average molecular weight is 222 g/mol. The smallest absolute Gasteiger partial charge is 0.0785 e. The first kappa shape index (κ1) is 13.2. The van der Waals surface area contributed by atoms with Crippen molar-refractivity contribution in [3.63, 3.8) is 0 Å². The Balaban J connectivity index is 2.08. The van der Waals surface area contributed by atoms with Gasteiger partial charge in [0.2, 0.25) is 0 Å². The van der Waals surface area contributed by atoms with E-state index in [-0.39, 0.29) is 6.10 Å². The maximum absolute atomic E-state index is 5.68. The van der Waals surface area contributed by atoms with Crippen LogP contribution in [0.2, 0.25) is 0 Å². The molecule has 0 aromatic heterocycles. The van der Waals surface area contributed by atoms with E-state index in [9.17, 15) is 0 Å². The maximum Gasteiger partial charge on any atom is 0.0785 e. The van der Waals surface area contributed by atoms with Gasteiger partial charge in [-0.05, 0) is 18.9 Å². The Labute approximate surface area is 98.6 Å². The van der Waals surface area contributed by atoms with Crippen molar-refractivity contribution in [1.82, 2.24) is 0 Å². The van der Waals surface area contributed by atoms with Crippen LogP contribution >= 0.6 is 0 Å². The summed E-state index contributed by atoms with van der Waals surface area (Å²) in [6.45, 7) is 6.41. The second kappa shape index (κ2) is 8.31. The van der Waals surface area contributed by atoms with Crippen molar-refractivity contribution in [3.05, 3.63) is 35.9 Å². The number of hydrogen-bond donors (Lipinski definition) is 0. The van der Waals surface area contributed by atoms with Gasteiger partial charge in [-0.2, -0.15) is 0 Å². The third-order valence-electron chi connectivity index (χ3n) is 2.37. The van der Waals surface area contributed by atoms with Crippen LogP contribution in [0.25, 0.3) is 0 Å². The molecular weight excluding hydrogens is 200 g/mol. The van der Waals surface area contributed by atoms with Crippen molar-refractivity contribution >= 4 is 0 Å². The first-order chi connectivity index (χ1) is 7.83. The van der Waals surface area contributed by atoms with E-state index in [0.29, 0.717) is 13.2 Å². The molecule has 0 spiro atoms. The Hall–Kier alpha value is -0.860. The Morgan fingerprint density at radius 1 is 1.19 bits per heavy atom. The normalized spacial score (nSPS) is 12.6. The molecule has 0 aliphatic rings. The van der Waals surface area contributed by atoms with Gasteiger partial charge in [0.25, 0.3) is 0 Å². The summed E-state index contributed by atoms with van der Waals surface area (Å²) < 4.78 is 11.2. The van der Waals surface area contributed by atoms with Crippen molar-refractivity contribution in [1.29, 1.82) is 0 Å². The molecule has 16 heavy (non-hydrogen) atoms. The monoisotopic (exact) mass is 222 g/mol. The van der Waals surface area contributed by atoms with E-state index in [1.807, 2.05) is 18.2 Å². The molecule has 0 heterocycles. The summed E-state index contributed by atoms with van der Waals surface area (Å²) in [6, 6.07) is 10.2. The van der Waals surface area contributed by atoms with Gasteiger partial charge in [0.05, 0.1) is 19.3 Å². The molecule has 0 bridgehead atoms. The molecule has 1 rings (SSSR count). The van der Waals surface area contributed by atoms with Crippen LogP contribution in [0, 0.1) is 0 Å². The van der Waals surface area contributed by atoms with Crippen molar-refractivity contribution in [2.24, 2.45) is 0 Å². The van der Waals surface area contributed by atoms with Gasteiger partial charge in [-0.3, -0.25) is 0 Å². The van der Waals surface area contributed by atoms with Gasteiger partial charge in [-0.25, -0.2) is 0 Å². The quantitative estimate of drug-likeness (QED) is 0.627. The summed E-state index contributed by atoms with van der Waals surface area (Å²) in [6.07, 6.45) is 2.47. The third-order valence-corrected chi connectivity index (χ3v) is 2.37. The molecule has 0 aliphatic carbocycles. The highest BCUT2D eigenvalue weighted by Crippen LogP contribution is 2.03. The third kappa shape index (κ3) is 5.89. The fraction of sp³-hybridized carbons (Fsp3) is 0.571. The number of rotatable bonds is 8. The fourth-order valence-corrected chi connectivity index (χ4v) is 1.36. The molecule has 0 fully saturated rings. The minimum absolute atomic E-state index is 0.164. The van der Waals surface area contributed by atoms with Crippen LogP contribution in [0.1, 0.15) is 32.3 Å². The number of benzene rings is 1. The molecule has 0 saturated carbocycles. The lowest BCUT2D eigenvalue weighted by Gasteiger charge is -2.13. The van der Waals surface area contributed by atoms with Gasteiger partial charge in [-0.15, -0.1) is 0 Å². The van der Waals surface area contributed by atoms with Crippen LogP contribution < -0.4 is 0 Å². The van der Waals surface area contributed by atoms with Crippen molar-refractivity contribution < 1.29 is 9.47 Å². The summed E-state index contributed by atoms with van der Waals surface area (Å²) in [4.78, 5) is 0. The van der Waals surface area contributed by atoms with Crippen LogP contribution in [-0.4, -0.2) is 19.3 Å². The van der Waals surface area contributed by atoms with Gasteiger partial charge in [0, 0.05) is 6.61 Å². The first-order valence-corrected chi connectivity index (χ1v) is 6.06. The maximum atomic E-state index is 5.68. The lowest BCUT2D eigenvalue weighted by atomic mass is 10.2. The van der Waals surface area contributed by atoms with E-state index < -0.39 is 0 Å². The molecule has 0 amide bonds. The van der Waals surface area contributed by atoms with Crippen molar-refractivity contribution in [2.45, 2.75) is 39.4 Å². The number of ether oxygens (including phenoxy) is 2. The van der Waals surface area contributed by atoms with Gasteiger partial charge in [-0.1, -0.05) is 43.7 Å². The first-order valence-electron chi connectivity index (χ1n) is 6.06. The summed E-state index contributed by atoms with van der Waals surface area (Å²) in [5, 5.41) is 0. The minimum Gasteiger partial charge on any atom is -0.379 e. The molecule has 0 aliphatic heterocycles. The zero-order valence-electron chi connectivity index (χ0n) is 10.3. The molecule has 1 aromatic carbocycles. The number of unbranched alkanes of at least 4 members (excludes halogenated alkanes) is 1. The average Bonchev–Trinajstić information content (AvgIpc) is 2.33. The van der Waals surface area contributed by atoms with Gasteiger partial charge >= 0.3 is 0 Å². The summed E-state index contributed by atoms with van der Waals surface area (Å²) in [7, 11) is 0. The lowest BCUT2D eigenvalue weighted by molar-refractivity contribution is -0.0152. The molecule has 1 aromatic rings. The molecule has 1 atom stereocenters. The summed E-state index contributed by atoms with van der Waals surface area (Å²) >= 11 is 0. The van der Waals surface area contributed by atoms with E-state index in [1.54, 1.807) is 0 Å². The van der Waals surface area contributed by atoms with Crippen LogP contribution in [0.15, 0.2) is 30.3 Å². The highest BCUT2D eigenvalue weighted by atomic mass is 16.5. The van der Waals surface area contributed by atoms with Gasteiger partial charge < -0.3 is 9.47 Å². The topological polar surface area (TPSA) is 18.5 Å². The standard InChI is InChI=1S/C14H22O2/c1-3-4-10-15-11-13(2)16-12-14-8-6-5-7-9-14/h5-9,13H,3-4,10-12H2,1-2H3. The second-order valence-corrected chi connectivity index (χ2v) is 4.04. The molecule has 0 saturated heterocycles. The zero-order chi connectivity index (χ0) is 11.6. The summed E-state index contributed by atoms with van der Waals surface area (Å²) in [5.41, 5.74) is 1.21. The second-order valence-electron chi connectivity index (χ2n) is 4.04. The highest BCUT2D eigenvalue weighted by molar-refractivity contribution is 5.13. The van der Waals surface area contributed by atoms with E-state index >= 15 is 0 Å². The van der Waals surface area contributed by atoms with Gasteiger partial charge in [0.1, 0.15) is 0 Å². The highest BCUT2D eigenvalue weighted by Gasteiger charge is 2.02. The number of hydrogen-bond acceptors (Lipinski definition) is 2. The largest absolute Gasteiger partial charge is 0.379 e. The predicted molar refractivity (Wildman–Crippen MR) is 66.4 cm³/mol. The molecule has 0 N–H and O–H groups in total. The molecular formula is C14H22O2. The van der Waals surface area contributed by atoms with E-state index in [0.717, 1.165) is 13.0 Å². The Morgan fingerprint density at radius 3 is 2.62 bits per heavy atom. The van der Waals surface area contributed by atoms with Gasteiger partial charge in [0.15, 0.2) is 0 Å². The lowest BCUT2D eigenvalue weighted by Crippen LogP contribution is -2.16.